The summed E-state index contributed by atoms with van der Waals surface area (Å²) in [6, 6.07) is 12.4. The number of ketones is 1. The molecule has 4 N–H and O–H groups in total. The van der Waals surface area contributed by atoms with E-state index in [4.69, 9.17) is 16.7 Å². The first kappa shape index (κ1) is 22.6. The minimum Gasteiger partial charge on any atom is -0.384 e. The van der Waals surface area contributed by atoms with Gasteiger partial charge in [-0.2, -0.15) is 18.4 Å². The largest absolute Gasteiger partial charge is 0.416 e. The van der Waals surface area contributed by atoms with Gasteiger partial charge in [0.05, 0.1) is 22.8 Å². The second kappa shape index (κ2) is 7.89. The van der Waals surface area contributed by atoms with Crippen molar-refractivity contribution in [3.8, 4) is 6.07 Å². The molecule has 2 aromatic carbocycles. The average Bonchev–Trinajstić information content (AvgIpc) is 2.72. The van der Waals surface area contributed by atoms with Gasteiger partial charge in [0.15, 0.2) is 0 Å². The Bertz CT molecular complexity index is 1210. The van der Waals surface area contributed by atoms with Crippen molar-refractivity contribution in [1.29, 1.82) is 5.26 Å². The highest BCUT2D eigenvalue weighted by atomic mass is 19.4. The predicted octanol–water partition coefficient (Wildman–Crippen LogP) is 3.48. The van der Waals surface area contributed by atoms with Crippen LogP contribution in [0.15, 0.2) is 71.7 Å². The van der Waals surface area contributed by atoms with Crippen LogP contribution in [0.2, 0.25) is 0 Å². The van der Waals surface area contributed by atoms with Crippen LogP contribution in [0.4, 0.5) is 18.9 Å². The zero-order valence-corrected chi connectivity index (χ0v) is 17.2. The van der Waals surface area contributed by atoms with Gasteiger partial charge in [0, 0.05) is 11.4 Å². The van der Waals surface area contributed by atoms with Crippen LogP contribution < -0.4 is 16.4 Å². The average molecular weight is 440 g/mol. The summed E-state index contributed by atoms with van der Waals surface area (Å²) in [6.45, 7) is 2.82. The predicted molar refractivity (Wildman–Crippen MR) is 112 cm³/mol. The molecule has 1 amide bonds. The van der Waals surface area contributed by atoms with Crippen molar-refractivity contribution in [3.63, 3.8) is 0 Å². The molecule has 1 unspecified atom stereocenters. The van der Waals surface area contributed by atoms with Gasteiger partial charge in [-0.1, -0.05) is 18.2 Å². The summed E-state index contributed by atoms with van der Waals surface area (Å²) in [4.78, 5) is 26.7. The van der Waals surface area contributed by atoms with E-state index in [2.05, 4.69) is 0 Å². The van der Waals surface area contributed by atoms with Gasteiger partial charge in [-0.05, 0) is 55.8 Å². The fourth-order valence-electron chi connectivity index (χ4n) is 3.95. The van der Waals surface area contributed by atoms with Gasteiger partial charge >= 0.3 is 6.18 Å². The van der Waals surface area contributed by atoms with E-state index in [-0.39, 0.29) is 17.1 Å². The first-order valence-electron chi connectivity index (χ1n) is 9.42. The van der Waals surface area contributed by atoms with Crippen LogP contribution in [-0.2, 0) is 21.2 Å². The smallest absolute Gasteiger partial charge is 0.384 e. The third kappa shape index (κ3) is 3.60. The summed E-state index contributed by atoms with van der Waals surface area (Å²) in [5.74, 6) is -1.72. The third-order valence-electron chi connectivity index (χ3n) is 5.37. The molecule has 0 spiro atoms. The summed E-state index contributed by atoms with van der Waals surface area (Å²) in [7, 11) is 0. The Kier molecular flexibility index (Phi) is 5.58. The van der Waals surface area contributed by atoms with E-state index in [1.165, 1.54) is 54.3 Å². The lowest BCUT2D eigenvalue weighted by Crippen LogP contribution is -2.48. The Morgan fingerprint density at radius 3 is 2.25 bits per heavy atom. The number of carbonyl (C=O) groups excluding carboxylic acids is 2. The van der Waals surface area contributed by atoms with E-state index in [0.29, 0.717) is 16.8 Å². The molecule has 0 saturated heterocycles. The molecule has 1 aliphatic rings. The van der Waals surface area contributed by atoms with Crippen LogP contribution in [0.25, 0.3) is 0 Å². The number of benzene rings is 2. The molecule has 0 bridgehead atoms. The van der Waals surface area contributed by atoms with Gasteiger partial charge in [0.25, 0.3) is 0 Å². The van der Waals surface area contributed by atoms with Crippen molar-refractivity contribution >= 4 is 17.4 Å². The van der Waals surface area contributed by atoms with E-state index in [9.17, 15) is 22.8 Å². The number of halogens is 3. The van der Waals surface area contributed by atoms with Crippen molar-refractivity contribution in [2.24, 2.45) is 11.5 Å². The number of nitrogens with two attached hydrogens (primary N) is 2. The van der Waals surface area contributed by atoms with Crippen LogP contribution in [0.5, 0.6) is 0 Å². The van der Waals surface area contributed by atoms with Gasteiger partial charge in [-0.3, -0.25) is 9.59 Å². The molecule has 6 nitrogen and oxygen atoms in total. The lowest BCUT2D eigenvalue weighted by molar-refractivity contribution is -0.137. The number of anilines is 1. The highest BCUT2D eigenvalue weighted by molar-refractivity contribution is 6.08. The third-order valence-corrected chi connectivity index (χ3v) is 5.37. The number of primary amides is 1. The molecule has 0 saturated carbocycles. The summed E-state index contributed by atoms with van der Waals surface area (Å²) >= 11 is 0. The molecule has 3 rings (SSSR count). The fraction of sp³-hybridized carbons (Fsp3) is 0.174. The molecule has 0 fully saturated rings. The number of nitrogens with zero attached hydrogens (tertiary/aromatic N) is 2. The van der Waals surface area contributed by atoms with Crippen LogP contribution in [0, 0.1) is 11.3 Å². The van der Waals surface area contributed by atoms with Crippen molar-refractivity contribution in [3.05, 3.63) is 88.4 Å². The number of hydrogen-bond donors (Lipinski definition) is 2. The summed E-state index contributed by atoms with van der Waals surface area (Å²) in [6.07, 6.45) is -3.13. The Labute approximate surface area is 182 Å². The molecular weight excluding hydrogens is 421 g/mol. The molecule has 164 valence electrons. The van der Waals surface area contributed by atoms with E-state index in [0.717, 1.165) is 12.1 Å². The van der Waals surface area contributed by atoms with E-state index in [1.807, 2.05) is 6.07 Å². The molecular formula is C23H19F3N4O2. The van der Waals surface area contributed by atoms with Crippen LogP contribution in [0.1, 0.15) is 30.5 Å². The first-order chi connectivity index (χ1) is 14.9. The second-order valence-electron chi connectivity index (χ2n) is 7.35. The topological polar surface area (TPSA) is 113 Å². The van der Waals surface area contributed by atoms with Crippen molar-refractivity contribution in [2.75, 3.05) is 4.90 Å². The van der Waals surface area contributed by atoms with Gasteiger partial charge in [-0.25, -0.2) is 0 Å². The van der Waals surface area contributed by atoms with Gasteiger partial charge in [0.2, 0.25) is 5.91 Å². The van der Waals surface area contributed by atoms with Crippen LogP contribution in [0.3, 0.4) is 0 Å². The maximum atomic E-state index is 13.2. The van der Waals surface area contributed by atoms with E-state index < -0.39 is 28.8 Å². The number of amides is 1. The van der Waals surface area contributed by atoms with Crippen LogP contribution in [-0.4, -0.2) is 11.7 Å². The molecule has 1 heterocycles. The highest BCUT2D eigenvalue weighted by Gasteiger charge is 2.47. The number of Topliss-reactive ketones (excluding diaryl/α,β-unsaturated/α-hetero) is 1. The number of rotatable bonds is 4. The van der Waals surface area contributed by atoms with Gasteiger partial charge in [-0.15, -0.1) is 0 Å². The SMILES string of the molecule is CC(=O)C1(c2ccc(C#N)cc2)C=C(C)N(c2cccc(C(F)(F)F)c2)C(N)=C1C(N)=O. The highest BCUT2D eigenvalue weighted by Crippen LogP contribution is 2.43. The van der Waals surface area contributed by atoms with Crippen molar-refractivity contribution in [2.45, 2.75) is 25.4 Å². The van der Waals surface area contributed by atoms with Crippen LogP contribution >= 0.6 is 0 Å². The number of alkyl halides is 3. The number of hydrogen-bond acceptors (Lipinski definition) is 5. The summed E-state index contributed by atoms with van der Waals surface area (Å²) in [5.41, 5.74) is 10.2. The zero-order chi connectivity index (χ0) is 23.8. The minimum absolute atomic E-state index is 0.0572. The minimum atomic E-state index is -4.58. The van der Waals surface area contributed by atoms with E-state index >= 15 is 0 Å². The Morgan fingerprint density at radius 2 is 1.75 bits per heavy atom. The standard InChI is InChI=1S/C23H19F3N4O2/c1-13-11-22(14(2)31,16-8-6-15(12-27)7-9-16)19(21(29)32)20(28)30(13)18-5-3-4-17(10-18)23(24,25)26/h3-11H,28H2,1-2H3,(H2,29,32). The number of nitriles is 1. The molecule has 1 aliphatic heterocycles. The number of carbonyl (C=O) groups is 2. The maximum Gasteiger partial charge on any atom is 0.416 e. The molecule has 0 radical (unpaired) electrons. The lowest BCUT2D eigenvalue weighted by atomic mass is 9.68. The monoisotopic (exact) mass is 440 g/mol. The van der Waals surface area contributed by atoms with Crippen molar-refractivity contribution < 1.29 is 22.8 Å². The van der Waals surface area contributed by atoms with Gasteiger partial charge in [0.1, 0.15) is 17.0 Å². The quantitative estimate of drug-likeness (QED) is 0.756. The number of allylic oxidation sites excluding steroid dienone is 2. The first-order valence-corrected chi connectivity index (χ1v) is 9.42. The van der Waals surface area contributed by atoms with Gasteiger partial charge < -0.3 is 16.4 Å². The van der Waals surface area contributed by atoms with E-state index in [1.54, 1.807) is 6.92 Å². The summed E-state index contributed by atoms with van der Waals surface area (Å²) < 4.78 is 39.7. The zero-order valence-electron chi connectivity index (χ0n) is 17.2. The molecule has 0 aliphatic carbocycles. The molecule has 0 aromatic heterocycles. The molecule has 1 atom stereocenters. The Balaban J connectivity index is 2.29. The normalized spacial score (nSPS) is 18.8. The summed E-state index contributed by atoms with van der Waals surface area (Å²) in [5, 5.41) is 9.06. The Morgan fingerprint density at radius 1 is 1.12 bits per heavy atom. The second-order valence-corrected chi connectivity index (χ2v) is 7.35. The fourth-order valence-corrected chi connectivity index (χ4v) is 3.95. The molecule has 2 aromatic rings. The molecule has 9 heteroatoms. The Hall–Kier alpha value is -4.06. The lowest BCUT2D eigenvalue weighted by Gasteiger charge is -2.40. The molecule has 32 heavy (non-hydrogen) atoms. The maximum absolute atomic E-state index is 13.2. The van der Waals surface area contributed by atoms with Crippen molar-refractivity contribution in [1.82, 2.24) is 0 Å².